The van der Waals surface area contributed by atoms with Crippen molar-refractivity contribution >= 4 is 17.3 Å². The number of hydrogen-bond donors (Lipinski definition) is 2. The number of ether oxygens (including phenoxy) is 1. The summed E-state index contributed by atoms with van der Waals surface area (Å²) in [7, 11) is 1.71. The fourth-order valence-electron chi connectivity index (χ4n) is 3.55. The molecule has 1 aromatic heterocycles. The number of aryl methyl sites for hydroxylation is 2. The van der Waals surface area contributed by atoms with Crippen LogP contribution in [0.5, 0.6) is 5.75 Å². The van der Waals surface area contributed by atoms with Gasteiger partial charge in [-0.25, -0.2) is 0 Å². The van der Waals surface area contributed by atoms with Crippen LogP contribution in [0.4, 0.5) is 5.69 Å². The van der Waals surface area contributed by atoms with Crippen LogP contribution in [0.3, 0.4) is 0 Å². The second-order valence-electron chi connectivity index (χ2n) is 6.53. The summed E-state index contributed by atoms with van der Waals surface area (Å²) in [6.45, 7) is 5.08. The summed E-state index contributed by atoms with van der Waals surface area (Å²) < 4.78 is 5.40. The maximum atomic E-state index is 5.40. The van der Waals surface area contributed by atoms with E-state index in [2.05, 4.69) is 66.6 Å². The first-order chi connectivity index (χ1) is 12.2. The van der Waals surface area contributed by atoms with Gasteiger partial charge in [0.1, 0.15) is 5.75 Å². The molecule has 3 nitrogen and oxygen atoms in total. The molecule has 3 heteroatoms. The maximum Gasteiger partial charge on any atom is 0.119 e. The van der Waals surface area contributed by atoms with E-state index in [0.29, 0.717) is 0 Å². The third kappa shape index (κ3) is 2.82. The Labute approximate surface area is 148 Å². The van der Waals surface area contributed by atoms with Gasteiger partial charge in [0, 0.05) is 29.2 Å². The lowest BCUT2D eigenvalue weighted by Crippen LogP contribution is -1.91. The fourth-order valence-corrected chi connectivity index (χ4v) is 3.55. The summed E-state index contributed by atoms with van der Waals surface area (Å²) in [5, 5.41) is 3.52. The van der Waals surface area contributed by atoms with Crippen molar-refractivity contribution in [2.75, 3.05) is 19.0 Å². The Balaban J connectivity index is 1.85. The number of aromatic nitrogens is 1. The van der Waals surface area contributed by atoms with Crippen LogP contribution >= 0.6 is 0 Å². The van der Waals surface area contributed by atoms with Crippen LogP contribution in [0, 0.1) is 13.8 Å². The lowest BCUT2D eigenvalue weighted by Gasteiger charge is -2.11. The highest BCUT2D eigenvalue weighted by molar-refractivity contribution is 5.99. The van der Waals surface area contributed by atoms with Crippen LogP contribution in [-0.4, -0.2) is 18.6 Å². The molecule has 0 amide bonds. The molecule has 0 atom stereocenters. The number of methoxy groups -OCH3 is 1. The van der Waals surface area contributed by atoms with E-state index in [1.165, 1.54) is 44.9 Å². The zero-order chi connectivity index (χ0) is 17.4. The molecule has 0 aliphatic carbocycles. The molecule has 0 radical (unpaired) electrons. The number of hydrogen-bond acceptors (Lipinski definition) is 2. The Morgan fingerprint density at radius 2 is 1.88 bits per heavy atom. The van der Waals surface area contributed by atoms with E-state index in [1.807, 2.05) is 12.1 Å². The zero-order valence-electron chi connectivity index (χ0n) is 14.8. The van der Waals surface area contributed by atoms with Gasteiger partial charge in [0.2, 0.25) is 0 Å². The van der Waals surface area contributed by atoms with Gasteiger partial charge < -0.3 is 15.0 Å². The van der Waals surface area contributed by atoms with Gasteiger partial charge in [-0.1, -0.05) is 24.3 Å². The van der Waals surface area contributed by atoms with Gasteiger partial charge >= 0.3 is 0 Å². The third-order valence-electron chi connectivity index (χ3n) is 4.74. The second kappa shape index (κ2) is 6.17. The summed E-state index contributed by atoms with van der Waals surface area (Å²) in [6.07, 6.45) is 2.27. The number of benzene rings is 2. The first kappa shape index (κ1) is 15.6. The van der Waals surface area contributed by atoms with Gasteiger partial charge in [-0.3, -0.25) is 0 Å². The molecular weight excluding hydrogens is 308 g/mol. The molecule has 126 valence electrons. The minimum Gasteiger partial charge on any atom is -0.497 e. The zero-order valence-corrected chi connectivity index (χ0v) is 14.8. The molecule has 4 rings (SSSR count). The quantitative estimate of drug-likeness (QED) is 0.686. The number of anilines is 1. The summed E-state index contributed by atoms with van der Waals surface area (Å²) in [5.41, 5.74) is 9.82. The average molecular weight is 330 g/mol. The molecule has 25 heavy (non-hydrogen) atoms. The lowest BCUT2D eigenvalue weighted by atomic mass is 9.94. The SMILES string of the molecule is COc1cccc(-c2cccc3c2C(=Cc2[nH]c(C)cc2C)CN3)c1. The van der Waals surface area contributed by atoms with Gasteiger partial charge in [0.15, 0.2) is 0 Å². The van der Waals surface area contributed by atoms with Crippen molar-refractivity contribution < 1.29 is 4.74 Å². The highest BCUT2D eigenvalue weighted by atomic mass is 16.5. The van der Waals surface area contributed by atoms with E-state index in [-0.39, 0.29) is 0 Å². The molecule has 0 fully saturated rings. The Bertz CT molecular complexity index is 966. The monoisotopic (exact) mass is 330 g/mol. The van der Waals surface area contributed by atoms with Crippen molar-refractivity contribution in [1.29, 1.82) is 0 Å². The largest absolute Gasteiger partial charge is 0.497 e. The van der Waals surface area contributed by atoms with Crippen molar-refractivity contribution in [2.45, 2.75) is 13.8 Å². The van der Waals surface area contributed by atoms with Crippen molar-refractivity contribution in [3.8, 4) is 16.9 Å². The molecule has 1 aliphatic heterocycles. The van der Waals surface area contributed by atoms with E-state index in [9.17, 15) is 0 Å². The maximum absolute atomic E-state index is 5.40. The van der Waals surface area contributed by atoms with Crippen molar-refractivity contribution in [3.63, 3.8) is 0 Å². The molecule has 2 heterocycles. The van der Waals surface area contributed by atoms with Gasteiger partial charge in [-0.2, -0.15) is 0 Å². The van der Waals surface area contributed by atoms with Gasteiger partial charge in [0.25, 0.3) is 0 Å². The van der Waals surface area contributed by atoms with E-state index < -0.39 is 0 Å². The predicted molar refractivity (Wildman–Crippen MR) is 105 cm³/mol. The predicted octanol–water partition coefficient (Wildman–Crippen LogP) is 5.27. The first-order valence-electron chi connectivity index (χ1n) is 8.54. The topological polar surface area (TPSA) is 37.0 Å². The van der Waals surface area contributed by atoms with Crippen LogP contribution in [0.2, 0.25) is 0 Å². The normalized spacial score (nSPS) is 14.4. The number of rotatable bonds is 3. The van der Waals surface area contributed by atoms with Crippen LogP contribution in [0.25, 0.3) is 22.8 Å². The lowest BCUT2D eigenvalue weighted by molar-refractivity contribution is 0.415. The Morgan fingerprint density at radius 3 is 2.64 bits per heavy atom. The van der Waals surface area contributed by atoms with Crippen molar-refractivity contribution in [1.82, 2.24) is 4.98 Å². The molecule has 1 aliphatic rings. The van der Waals surface area contributed by atoms with Crippen molar-refractivity contribution in [3.05, 3.63) is 71.0 Å². The molecule has 2 N–H and O–H groups in total. The Kier molecular flexibility index (Phi) is 3.85. The molecule has 3 aromatic rings. The number of H-pyrrole nitrogens is 1. The smallest absolute Gasteiger partial charge is 0.119 e. The van der Waals surface area contributed by atoms with Gasteiger partial charge in [-0.05, 0) is 66.5 Å². The highest BCUT2D eigenvalue weighted by Gasteiger charge is 2.20. The molecule has 0 saturated heterocycles. The first-order valence-corrected chi connectivity index (χ1v) is 8.54. The summed E-state index contributed by atoms with van der Waals surface area (Å²) >= 11 is 0. The minimum absolute atomic E-state index is 0.841. The Morgan fingerprint density at radius 1 is 1.04 bits per heavy atom. The molecular formula is C22H22N2O. The highest BCUT2D eigenvalue weighted by Crippen LogP contribution is 2.40. The van der Waals surface area contributed by atoms with Crippen LogP contribution in [0.1, 0.15) is 22.5 Å². The second-order valence-corrected chi connectivity index (χ2v) is 6.53. The number of nitrogens with one attached hydrogen (secondary N) is 2. The standard InChI is InChI=1S/C22H22N2O/c1-14-10-15(2)24-21(14)12-17-13-23-20-9-5-8-19(22(17)20)16-6-4-7-18(11-16)25-3/h4-12,23-24H,13H2,1-3H3. The molecule has 0 saturated carbocycles. The molecule has 0 bridgehead atoms. The van der Waals surface area contributed by atoms with E-state index in [0.717, 1.165) is 12.3 Å². The number of aromatic amines is 1. The average Bonchev–Trinajstić information content (AvgIpc) is 3.18. The van der Waals surface area contributed by atoms with Gasteiger partial charge in [0.05, 0.1) is 7.11 Å². The molecule has 0 unspecified atom stereocenters. The van der Waals surface area contributed by atoms with E-state index in [1.54, 1.807) is 7.11 Å². The van der Waals surface area contributed by atoms with Crippen LogP contribution in [0.15, 0.2) is 48.5 Å². The Hall–Kier alpha value is -2.94. The minimum atomic E-state index is 0.841. The molecule has 2 aromatic carbocycles. The summed E-state index contributed by atoms with van der Waals surface area (Å²) in [4.78, 5) is 3.46. The van der Waals surface area contributed by atoms with E-state index >= 15 is 0 Å². The summed E-state index contributed by atoms with van der Waals surface area (Å²) in [6, 6.07) is 16.9. The summed E-state index contributed by atoms with van der Waals surface area (Å²) in [5.74, 6) is 0.877. The number of fused-ring (bicyclic) bond motifs is 1. The van der Waals surface area contributed by atoms with E-state index in [4.69, 9.17) is 4.74 Å². The third-order valence-corrected chi connectivity index (χ3v) is 4.74. The van der Waals surface area contributed by atoms with Crippen LogP contribution in [-0.2, 0) is 0 Å². The fraction of sp³-hybridized carbons (Fsp3) is 0.182. The van der Waals surface area contributed by atoms with Gasteiger partial charge in [-0.15, -0.1) is 0 Å². The van der Waals surface area contributed by atoms with Crippen LogP contribution < -0.4 is 10.1 Å². The van der Waals surface area contributed by atoms with Crippen molar-refractivity contribution in [2.24, 2.45) is 0 Å². The molecule has 0 spiro atoms.